The van der Waals surface area contributed by atoms with Gasteiger partial charge >= 0.3 is 0 Å². The summed E-state index contributed by atoms with van der Waals surface area (Å²) in [5.74, 6) is 0.264. The van der Waals surface area contributed by atoms with Gasteiger partial charge in [-0.2, -0.15) is 0 Å². The van der Waals surface area contributed by atoms with Crippen LogP contribution in [0.15, 0.2) is 30.5 Å². The Morgan fingerprint density at radius 2 is 2.04 bits per heavy atom. The smallest absolute Gasteiger partial charge is 0.260 e. The summed E-state index contributed by atoms with van der Waals surface area (Å²) in [5, 5.41) is 7.92. The third-order valence-corrected chi connectivity index (χ3v) is 3.85. The first kappa shape index (κ1) is 17.1. The Labute approximate surface area is 145 Å². The molecule has 1 aromatic heterocycles. The number of aromatic nitrogens is 3. The lowest BCUT2D eigenvalue weighted by molar-refractivity contribution is -0.135. The van der Waals surface area contributed by atoms with Gasteiger partial charge in [0.15, 0.2) is 0 Å². The number of likely N-dealkylation sites (tertiary alicyclic amines) is 1. The molecule has 0 N–H and O–H groups in total. The van der Waals surface area contributed by atoms with E-state index in [-0.39, 0.29) is 11.8 Å². The van der Waals surface area contributed by atoms with Gasteiger partial charge in [0.2, 0.25) is 5.91 Å². The fourth-order valence-corrected chi connectivity index (χ4v) is 2.33. The molecule has 1 aliphatic heterocycles. The van der Waals surface area contributed by atoms with Crippen molar-refractivity contribution in [3.63, 3.8) is 0 Å². The lowest BCUT2D eigenvalue weighted by Gasteiger charge is -2.28. The highest BCUT2D eigenvalue weighted by atomic mass is 16.5. The van der Waals surface area contributed by atoms with Crippen molar-refractivity contribution in [2.75, 3.05) is 19.8 Å². The second-order valence-corrected chi connectivity index (χ2v) is 5.59. The van der Waals surface area contributed by atoms with E-state index in [4.69, 9.17) is 9.47 Å². The fraction of sp³-hybridized carbons (Fsp3) is 0.412. The van der Waals surface area contributed by atoms with Crippen molar-refractivity contribution in [2.45, 2.75) is 26.5 Å². The van der Waals surface area contributed by atoms with Crippen molar-refractivity contribution < 1.29 is 19.1 Å². The van der Waals surface area contributed by atoms with Crippen LogP contribution in [0.25, 0.3) is 0 Å². The molecule has 0 bridgehead atoms. The number of aryl methyl sites for hydroxylation is 1. The van der Waals surface area contributed by atoms with Crippen LogP contribution < -0.4 is 4.74 Å². The van der Waals surface area contributed by atoms with E-state index in [0.29, 0.717) is 44.1 Å². The quantitative estimate of drug-likeness (QED) is 0.407. The molecule has 0 unspecified atom stereocenters. The molecule has 1 saturated heterocycles. The van der Waals surface area contributed by atoms with Gasteiger partial charge in [0.1, 0.15) is 18.1 Å². The highest BCUT2D eigenvalue weighted by Crippen LogP contribution is 2.17. The SMILES string of the molecule is CCn1cc(COCCOc2ccc(C(=O)N3CCC3=O)cc2)nn1. The maximum absolute atomic E-state index is 12.0. The van der Waals surface area contributed by atoms with E-state index in [0.717, 1.165) is 12.2 Å². The zero-order valence-corrected chi connectivity index (χ0v) is 14.1. The van der Waals surface area contributed by atoms with Gasteiger partial charge in [-0.15, -0.1) is 5.10 Å². The van der Waals surface area contributed by atoms with Gasteiger partial charge in [-0.25, -0.2) is 0 Å². The van der Waals surface area contributed by atoms with Gasteiger partial charge in [-0.05, 0) is 31.2 Å². The molecule has 2 heterocycles. The van der Waals surface area contributed by atoms with Crippen LogP contribution in [-0.4, -0.2) is 51.5 Å². The van der Waals surface area contributed by atoms with Gasteiger partial charge in [-0.3, -0.25) is 19.2 Å². The number of carbonyl (C=O) groups excluding carboxylic acids is 2. The van der Waals surface area contributed by atoms with Crippen molar-refractivity contribution in [3.8, 4) is 5.75 Å². The zero-order chi connectivity index (χ0) is 17.6. The van der Waals surface area contributed by atoms with E-state index in [1.54, 1.807) is 28.9 Å². The minimum Gasteiger partial charge on any atom is -0.491 e. The van der Waals surface area contributed by atoms with Gasteiger partial charge < -0.3 is 9.47 Å². The van der Waals surface area contributed by atoms with Crippen LogP contribution in [0.2, 0.25) is 0 Å². The molecule has 0 radical (unpaired) electrons. The van der Waals surface area contributed by atoms with Crippen LogP contribution in [-0.2, 0) is 22.7 Å². The summed E-state index contributed by atoms with van der Waals surface area (Å²) in [6.45, 7) is 4.47. The number of amides is 2. The maximum Gasteiger partial charge on any atom is 0.260 e. The van der Waals surface area contributed by atoms with E-state index in [2.05, 4.69) is 10.3 Å². The van der Waals surface area contributed by atoms with Crippen molar-refractivity contribution >= 4 is 11.8 Å². The molecule has 1 aliphatic rings. The van der Waals surface area contributed by atoms with Crippen LogP contribution in [0.3, 0.4) is 0 Å². The minimum absolute atomic E-state index is 0.124. The first-order valence-electron chi connectivity index (χ1n) is 8.21. The Kier molecular flexibility index (Phi) is 5.39. The van der Waals surface area contributed by atoms with Gasteiger partial charge in [-0.1, -0.05) is 5.21 Å². The second kappa shape index (κ2) is 7.89. The Morgan fingerprint density at radius 1 is 1.24 bits per heavy atom. The second-order valence-electron chi connectivity index (χ2n) is 5.59. The predicted octanol–water partition coefficient (Wildman–Crippen LogP) is 1.27. The molecule has 132 valence electrons. The zero-order valence-electron chi connectivity index (χ0n) is 14.1. The Bertz CT molecular complexity index is 741. The molecule has 1 aromatic carbocycles. The maximum atomic E-state index is 12.0. The lowest BCUT2D eigenvalue weighted by Crippen LogP contribution is -2.47. The molecule has 8 heteroatoms. The van der Waals surface area contributed by atoms with Crippen molar-refractivity contribution in [2.24, 2.45) is 0 Å². The molecule has 1 fully saturated rings. The molecule has 25 heavy (non-hydrogen) atoms. The molecule has 2 aromatic rings. The summed E-state index contributed by atoms with van der Waals surface area (Å²) in [6.07, 6.45) is 2.29. The van der Waals surface area contributed by atoms with E-state index in [9.17, 15) is 9.59 Å². The van der Waals surface area contributed by atoms with Gasteiger partial charge in [0, 0.05) is 25.1 Å². The summed E-state index contributed by atoms with van der Waals surface area (Å²) in [6, 6.07) is 6.75. The van der Waals surface area contributed by atoms with Crippen LogP contribution in [0.5, 0.6) is 5.75 Å². The van der Waals surface area contributed by atoms with Crippen molar-refractivity contribution in [1.29, 1.82) is 0 Å². The highest BCUT2D eigenvalue weighted by Gasteiger charge is 2.30. The normalized spacial score (nSPS) is 13.6. The lowest BCUT2D eigenvalue weighted by atomic mass is 10.1. The van der Waals surface area contributed by atoms with Crippen LogP contribution >= 0.6 is 0 Å². The van der Waals surface area contributed by atoms with Gasteiger partial charge in [0.25, 0.3) is 5.91 Å². The number of hydrogen-bond donors (Lipinski definition) is 0. The van der Waals surface area contributed by atoms with E-state index >= 15 is 0 Å². The number of ether oxygens (including phenoxy) is 2. The number of β-lactam (4-membered cyclic amide) rings is 1. The number of rotatable bonds is 8. The molecule has 0 saturated carbocycles. The molecule has 3 rings (SSSR count). The molecule has 0 aliphatic carbocycles. The van der Waals surface area contributed by atoms with E-state index < -0.39 is 0 Å². The molecule has 0 atom stereocenters. The Hall–Kier alpha value is -2.74. The summed E-state index contributed by atoms with van der Waals surface area (Å²) in [7, 11) is 0. The molecular weight excluding hydrogens is 324 g/mol. The molecular formula is C17H20N4O4. The Balaban J connectivity index is 1.38. The van der Waals surface area contributed by atoms with E-state index in [1.807, 2.05) is 13.1 Å². The van der Waals surface area contributed by atoms with Crippen molar-refractivity contribution in [1.82, 2.24) is 19.9 Å². The van der Waals surface area contributed by atoms with Crippen LogP contribution in [0.4, 0.5) is 0 Å². The number of hydrogen-bond acceptors (Lipinski definition) is 6. The monoisotopic (exact) mass is 344 g/mol. The summed E-state index contributed by atoms with van der Waals surface area (Å²) < 4.78 is 12.8. The summed E-state index contributed by atoms with van der Waals surface area (Å²) in [4.78, 5) is 24.6. The van der Waals surface area contributed by atoms with Crippen molar-refractivity contribution in [3.05, 3.63) is 41.7 Å². The third kappa shape index (κ3) is 4.21. The van der Waals surface area contributed by atoms with Crippen LogP contribution in [0.1, 0.15) is 29.4 Å². The number of nitrogens with zero attached hydrogens (tertiary/aromatic N) is 4. The average molecular weight is 344 g/mol. The third-order valence-electron chi connectivity index (χ3n) is 3.85. The average Bonchev–Trinajstić information content (AvgIpc) is 3.08. The molecule has 2 amide bonds. The number of benzene rings is 1. The summed E-state index contributed by atoms with van der Waals surface area (Å²) in [5.41, 5.74) is 1.26. The Morgan fingerprint density at radius 3 is 2.64 bits per heavy atom. The molecule has 8 nitrogen and oxygen atoms in total. The number of imide groups is 1. The fourth-order valence-electron chi connectivity index (χ4n) is 2.33. The van der Waals surface area contributed by atoms with Gasteiger partial charge in [0.05, 0.1) is 19.4 Å². The number of carbonyl (C=O) groups is 2. The topological polar surface area (TPSA) is 86.5 Å². The predicted molar refractivity (Wildman–Crippen MR) is 87.9 cm³/mol. The largest absolute Gasteiger partial charge is 0.491 e. The first-order valence-corrected chi connectivity index (χ1v) is 8.21. The molecule has 0 spiro atoms. The van der Waals surface area contributed by atoms with E-state index in [1.165, 1.54) is 4.90 Å². The first-order chi connectivity index (χ1) is 12.2. The minimum atomic E-state index is -0.258. The van der Waals surface area contributed by atoms with Crippen LogP contribution in [0, 0.1) is 0 Å². The summed E-state index contributed by atoms with van der Waals surface area (Å²) >= 11 is 0. The standard InChI is InChI=1S/C17H20N4O4/c1-2-20-11-14(18-19-20)12-24-9-10-25-15-5-3-13(4-6-15)17(23)21-8-7-16(21)22/h3-6,11H,2,7-10,12H2,1H3. The highest BCUT2D eigenvalue weighted by molar-refractivity contribution is 6.07.